The van der Waals surface area contributed by atoms with Gasteiger partial charge in [-0.3, -0.25) is 4.79 Å². The van der Waals surface area contributed by atoms with Gasteiger partial charge in [-0.25, -0.2) is 0 Å². The van der Waals surface area contributed by atoms with Crippen LogP contribution in [0.1, 0.15) is 74.1 Å². The van der Waals surface area contributed by atoms with E-state index in [1.807, 2.05) is 26.8 Å². The van der Waals surface area contributed by atoms with Gasteiger partial charge in [0.2, 0.25) is 0 Å². The SMILES string of the molecule is CCOC(C)(C#CC/C(C)=C/COC(C)=O)/C=C/C1=C(C)CCCC1(C)C. The Kier molecular flexibility index (Phi) is 9.06. The summed E-state index contributed by atoms with van der Waals surface area (Å²) in [5.41, 5.74) is 3.57. The third-order valence-electron chi connectivity index (χ3n) is 4.98. The fourth-order valence-electron chi connectivity index (χ4n) is 3.41. The van der Waals surface area contributed by atoms with Crippen LogP contribution in [0.4, 0.5) is 0 Å². The van der Waals surface area contributed by atoms with Crippen LogP contribution in [-0.2, 0) is 14.3 Å². The number of carbonyl (C=O) groups excluding carboxylic acids is 1. The standard InChI is InChI=1S/C24H36O3/c1-8-27-24(7,16-9-11-19(2)14-18-26-21(4)25)17-13-22-20(3)12-10-15-23(22,5)6/h13-14,17H,8,10-12,15,18H2,1-7H3/b17-13+,19-14+. The predicted octanol–water partition coefficient (Wildman–Crippen LogP) is 5.77. The highest BCUT2D eigenvalue weighted by molar-refractivity contribution is 5.66. The minimum atomic E-state index is -0.605. The first-order valence-corrected chi connectivity index (χ1v) is 9.92. The number of rotatable bonds is 7. The zero-order valence-electron chi connectivity index (χ0n) is 18.2. The summed E-state index contributed by atoms with van der Waals surface area (Å²) in [6.45, 7) is 15.2. The fraction of sp³-hybridized carbons (Fsp3) is 0.625. The van der Waals surface area contributed by atoms with Gasteiger partial charge in [-0.15, -0.1) is 0 Å². The molecule has 0 spiro atoms. The van der Waals surface area contributed by atoms with Crippen molar-refractivity contribution in [2.45, 2.75) is 79.8 Å². The minimum Gasteiger partial charge on any atom is -0.462 e. The van der Waals surface area contributed by atoms with Crippen molar-refractivity contribution >= 4 is 5.97 Å². The smallest absolute Gasteiger partial charge is 0.302 e. The number of ether oxygens (including phenoxy) is 2. The molecular weight excluding hydrogens is 336 g/mol. The molecule has 150 valence electrons. The Balaban J connectivity index is 2.89. The zero-order chi connectivity index (χ0) is 20.5. The van der Waals surface area contributed by atoms with Gasteiger partial charge in [0.25, 0.3) is 0 Å². The normalized spacial score (nSPS) is 19.4. The van der Waals surface area contributed by atoms with Crippen molar-refractivity contribution in [3.8, 4) is 11.8 Å². The largest absolute Gasteiger partial charge is 0.462 e. The number of hydrogen-bond acceptors (Lipinski definition) is 3. The average Bonchev–Trinajstić information content (AvgIpc) is 2.53. The Labute approximate surface area is 165 Å². The molecule has 0 radical (unpaired) electrons. The maximum absolute atomic E-state index is 10.8. The van der Waals surface area contributed by atoms with Crippen LogP contribution in [-0.4, -0.2) is 24.8 Å². The van der Waals surface area contributed by atoms with E-state index in [9.17, 15) is 4.79 Å². The van der Waals surface area contributed by atoms with E-state index in [0.717, 1.165) is 5.57 Å². The van der Waals surface area contributed by atoms with Crippen LogP contribution < -0.4 is 0 Å². The van der Waals surface area contributed by atoms with E-state index in [2.05, 4.69) is 44.8 Å². The van der Waals surface area contributed by atoms with Crippen molar-refractivity contribution in [2.75, 3.05) is 13.2 Å². The van der Waals surface area contributed by atoms with Crippen LogP contribution >= 0.6 is 0 Å². The lowest BCUT2D eigenvalue weighted by molar-refractivity contribution is -0.139. The summed E-state index contributed by atoms with van der Waals surface area (Å²) in [6, 6.07) is 0. The molecule has 0 aromatic rings. The Hall–Kier alpha value is -1.79. The molecule has 0 aromatic heterocycles. The highest BCUT2D eigenvalue weighted by Gasteiger charge is 2.27. The molecule has 0 N–H and O–H groups in total. The van der Waals surface area contributed by atoms with Crippen LogP contribution in [0.5, 0.6) is 0 Å². The summed E-state index contributed by atoms with van der Waals surface area (Å²) in [7, 11) is 0. The first-order chi connectivity index (χ1) is 12.6. The third-order valence-corrected chi connectivity index (χ3v) is 4.98. The molecule has 27 heavy (non-hydrogen) atoms. The summed E-state index contributed by atoms with van der Waals surface area (Å²) >= 11 is 0. The average molecular weight is 373 g/mol. The summed E-state index contributed by atoms with van der Waals surface area (Å²) in [5, 5.41) is 0. The second-order valence-corrected chi connectivity index (χ2v) is 8.14. The first kappa shape index (κ1) is 23.2. The number of hydrogen-bond donors (Lipinski definition) is 0. The summed E-state index contributed by atoms with van der Waals surface area (Å²) in [6.07, 6.45) is 10.5. The maximum atomic E-state index is 10.8. The van der Waals surface area contributed by atoms with Gasteiger partial charge >= 0.3 is 5.97 Å². The van der Waals surface area contributed by atoms with Crippen molar-refractivity contribution in [1.82, 2.24) is 0 Å². The fourth-order valence-corrected chi connectivity index (χ4v) is 3.41. The lowest BCUT2D eigenvalue weighted by Crippen LogP contribution is -2.25. The number of allylic oxidation sites excluding steroid dienone is 4. The van der Waals surface area contributed by atoms with Crippen LogP contribution in [0.2, 0.25) is 0 Å². The van der Waals surface area contributed by atoms with Gasteiger partial charge in [-0.1, -0.05) is 42.9 Å². The van der Waals surface area contributed by atoms with Gasteiger partial charge in [0.05, 0.1) is 0 Å². The molecule has 0 fully saturated rings. The Morgan fingerprint density at radius 1 is 1.33 bits per heavy atom. The lowest BCUT2D eigenvalue weighted by atomic mass is 9.72. The van der Waals surface area contributed by atoms with E-state index in [4.69, 9.17) is 9.47 Å². The molecule has 0 bridgehead atoms. The van der Waals surface area contributed by atoms with Crippen molar-refractivity contribution in [2.24, 2.45) is 5.41 Å². The van der Waals surface area contributed by atoms with Gasteiger partial charge in [-0.2, -0.15) is 0 Å². The lowest BCUT2D eigenvalue weighted by Gasteiger charge is -2.33. The molecule has 0 aliphatic heterocycles. The maximum Gasteiger partial charge on any atom is 0.302 e. The summed E-state index contributed by atoms with van der Waals surface area (Å²) < 4.78 is 10.9. The number of esters is 1. The molecule has 0 saturated carbocycles. The summed E-state index contributed by atoms with van der Waals surface area (Å²) in [5.74, 6) is 6.23. The topological polar surface area (TPSA) is 35.5 Å². The Morgan fingerprint density at radius 3 is 2.63 bits per heavy atom. The molecular formula is C24H36O3. The van der Waals surface area contributed by atoms with Gasteiger partial charge < -0.3 is 9.47 Å². The highest BCUT2D eigenvalue weighted by atomic mass is 16.5. The molecule has 3 nitrogen and oxygen atoms in total. The quantitative estimate of drug-likeness (QED) is 0.323. The molecule has 0 amide bonds. The molecule has 1 aliphatic rings. The van der Waals surface area contributed by atoms with E-state index in [-0.39, 0.29) is 11.4 Å². The first-order valence-electron chi connectivity index (χ1n) is 9.92. The van der Waals surface area contributed by atoms with Crippen LogP contribution in [0.3, 0.4) is 0 Å². The van der Waals surface area contributed by atoms with Gasteiger partial charge in [0.15, 0.2) is 0 Å². The van der Waals surface area contributed by atoms with Crippen molar-refractivity contribution < 1.29 is 14.3 Å². The van der Waals surface area contributed by atoms with E-state index < -0.39 is 5.60 Å². The molecule has 1 aliphatic carbocycles. The van der Waals surface area contributed by atoms with Crippen LogP contribution in [0, 0.1) is 17.3 Å². The third kappa shape index (κ3) is 8.18. The molecule has 1 unspecified atom stereocenters. The van der Waals surface area contributed by atoms with E-state index in [0.29, 0.717) is 19.6 Å². The van der Waals surface area contributed by atoms with Gasteiger partial charge in [-0.05, 0) is 70.1 Å². The Bertz CT molecular complexity index is 667. The monoisotopic (exact) mass is 372 g/mol. The highest BCUT2D eigenvalue weighted by Crippen LogP contribution is 2.41. The molecule has 0 saturated heterocycles. The minimum absolute atomic E-state index is 0.204. The second-order valence-electron chi connectivity index (χ2n) is 8.14. The predicted molar refractivity (Wildman–Crippen MR) is 112 cm³/mol. The molecule has 3 heteroatoms. The van der Waals surface area contributed by atoms with Crippen LogP contribution in [0.15, 0.2) is 34.9 Å². The van der Waals surface area contributed by atoms with Crippen molar-refractivity contribution in [3.63, 3.8) is 0 Å². The molecule has 0 aromatic carbocycles. The molecule has 1 atom stereocenters. The van der Waals surface area contributed by atoms with Crippen molar-refractivity contribution in [3.05, 3.63) is 34.9 Å². The van der Waals surface area contributed by atoms with E-state index in [1.165, 1.54) is 37.3 Å². The number of carbonyl (C=O) groups is 1. The van der Waals surface area contributed by atoms with Crippen LogP contribution in [0.25, 0.3) is 0 Å². The Morgan fingerprint density at radius 2 is 2.04 bits per heavy atom. The van der Waals surface area contributed by atoms with Gasteiger partial charge in [0, 0.05) is 20.0 Å². The second kappa shape index (κ2) is 10.5. The zero-order valence-corrected chi connectivity index (χ0v) is 18.2. The van der Waals surface area contributed by atoms with Gasteiger partial charge in [0.1, 0.15) is 12.2 Å². The van der Waals surface area contributed by atoms with Crippen molar-refractivity contribution in [1.29, 1.82) is 0 Å². The van der Waals surface area contributed by atoms with E-state index >= 15 is 0 Å². The van der Waals surface area contributed by atoms with E-state index in [1.54, 1.807) is 0 Å². The molecule has 0 heterocycles. The summed E-state index contributed by atoms with van der Waals surface area (Å²) in [4.78, 5) is 10.8. The molecule has 1 rings (SSSR count).